The van der Waals surface area contributed by atoms with Gasteiger partial charge in [0.15, 0.2) is 0 Å². The predicted octanol–water partition coefficient (Wildman–Crippen LogP) is 0.301. The molecule has 0 aliphatic rings. The zero-order valence-electron chi connectivity index (χ0n) is 7.42. The number of aromatic nitrogens is 3. The molecule has 0 saturated heterocycles. The molecule has 1 radical (unpaired) electrons. The minimum atomic E-state index is 0.564. The van der Waals surface area contributed by atoms with Crippen molar-refractivity contribution in [2.45, 2.75) is 13.7 Å². The first-order chi connectivity index (χ1) is 5.76. The number of aryl methyl sites for hydroxylation is 1. The van der Waals surface area contributed by atoms with Crippen molar-refractivity contribution in [1.29, 1.82) is 0 Å². The molecule has 1 aromatic rings. The maximum absolute atomic E-state index is 4.07. The zero-order chi connectivity index (χ0) is 8.97. The summed E-state index contributed by atoms with van der Waals surface area (Å²) in [6, 6.07) is 0. The first kappa shape index (κ1) is 8.77. The third-order valence-electron chi connectivity index (χ3n) is 1.24. The Balaban J connectivity index is 2.90. The average Bonchev–Trinajstić information content (AvgIpc) is 2.04. The van der Waals surface area contributed by atoms with Gasteiger partial charge in [0.2, 0.25) is 19.3 Å². The fourth-order valence-corrected chi connectivity index (χ4v) is 0.787. The van der Waals surface area contributed by atoms with Crippen LogP contribution in [0.15, 0.2) is 0 Å². The summed E-state index contributed by atoms with van der Waals surface area (Å²) in [5.41, 5.74) is 0. The van der Waals surface area contributed by atoms with Crippen LogP contribution in [-0.2, 0) is 0 Å². The van der Waals surface area contributed by atoms with Crippen LogP contribution in [-0.4, -0.2) is 29.4 Å². The highest BCUT2D eigenvalue weighted by atomic mass is 15.2. The van der Waals surface area contributed by atoms with Crippen molar-refractivity contribution in [3.8, 4) is 0 Å². The molecule has 6 heteroatoms. The summed E-state index contributed by atoms with van der Waals surface area (Å²) in [4.78, 5) is 12.2. The van der Waals surface area contributed by atoms with Crippen LogP contribution in [0.5, 0.6) is 0 Å². The van der Waals surface area contributed by atoms with Crippen molar-refractivity contribution in [2.24, 2.45) is 0 Å². The Hall–Kier alpha value is -1.33. The molecule has 0 saturated carbocycles. The number of anilines is 2. The average molecular weight is 164 g/mol. The number of rotatable bonds is 3. The SMILES string of the molecule is C[B]Nc1nc(C)nc(NC)n1. The Bertz CT molecular complexity index is 264. The van der Waals surface area contributed by atoms with Crippen molar-refractivity contribution < 1.29 is 0 Å². The standard InChI is InChI=1S/C6H11BN5/c1-4-9-5(8-3)11-6(10-4)12-7-2/h1-3H3,(H2,8,9,10,11,12). The van der Waals surface area contributed by atoms with E-state index in [0.717, 1.165) is 0 Å². The molecule has 0 aliphatic heterocycles. The summed E-state index contributed by atoms with van der Waals surface area (Å²) >= 11 is 0. The molecule has 0 fully saturated rings. The molecule has 1 aromatic heterocycles. The lowest BCUT2D eigenvalue weighted by atomic mass is 10.0. The molecule has 1 heterocycles. The van der Waals surface area contributed by atoms with Gasteiger partial charge in [0.25, 0.3) is 0 Å². The molecule has 0 bridgehead atoms. The summed E-state index contributed by atoms with van der Waals surface area (Å²) in [7, 11) is 3.54. The van der Waals surface area contributed by atoms with Crippen molar-refractivity contribution in [1.82, 2.24) is 15.0 Å². The quantitative estimate of drug-likeness (QED) is 0.629. The molecule has 5 nitrogen and oxygen atoms in total. The van der Waals surface area contributed by atoms with Gasteiger partial charge in [-0.25, -0.2) is 0 Å². The van der Waals surface area contributed by atoms with Gasteiger partial charge in [-0.15, -0.1) is 0 Å². The minimum Gasteiger partial charge on any atom is -0.402 e. The van der Waals surface area contributed by atoms with Crippen molar-refractivity contribution in [2.75, 3.05) is 17.6 Å². The number of hydrogen-bond acceptors (Lipinski definition) is 5. The molecule has 0 aliphatic carbocycles. The number of hydrogen-bond donors (Lipinski definition) is 2. The van der Waals surface area contributed by atoms with Gasteiger partial charge in [-0.3, -0.25) is 0 Å². The molecule has 2 N–H and O–H groups in total. The molecule has 12 heavy (non-hydrogen) atoms. The van der Waals surface area contributed by atoms with Crippen LogP contribution in [0.25, 0.3) is 0 Å². The third-order valence-corrected chi connectivity index (χ3v) is 1.24. The molecule has 1 rings (SSSR count). The van der Waals surface area contributed by atoms with E-state index in [1.165, 1.54) is 0 Å². The van der Waals surface area contributed by atoms with Gasteiger partial charge < -0.3 is 10.5 Å². The van der Waals surface area contributed by atoms with E-state index >= 15 is 0 Å². The highest BCUT2D eigenvalue weighted by Crippen LogP contribution is 2.02. The van der Waals surface area contributed by atoms with Crippen molar-refractivity contribution in [3.05, 3.63) is 5.82 Å². The molecule has 63 valence electrons. The molecular weight excluding hydrogens is 153 g/mol. The van der Waals surface area contributed by atoms with Gasteiger partial charge in [0, 0.05) is 7.05 Å². The highest BCUT2D eigenvalue weighted by Gasteiger charge is 1.99. The van der Waals surface area contributed by atoms with E-state index in [1.807, 2.05) is 13.7 Å². The van der Waals surface area contributed by atoms with Gasteiger partial charge in [-0.05, 0) is 6.92 Å². The van der Waals surface area contributed by atoms with E-state index < -0.39 is 0 Å². The summed E-state index contributed by atoms with van der Waals surface area (Å²) in [5, 5.41) is 5.75. The molecule has 0 aromatic carbocycles. The fraction of sp³-hybridized carbons (Fsp3) is 0.500. The molecule has 0 spiro atoms. The number of nitrogens with one attached hydrogen (secondary N) is 2. The fourth-order valence-electron chi connectivity index (χ4n) is 0.787. The second-order valence-electron chi connectivity index (χ2n) is 2.21. The predicted molar refractivity (Wildman–Crippen MR) is 49.4 cm³/mol. The molecular formula is C6H11BN5. The number of nitrogens with zero attached hydrogens (tertiary/aromatic N) is 3. The topological polar surface area (TPSA) is 62.7 Å². The zero-order valence-corrected chi connectivity index (χ0v) is 7.42. The summed E-state index contributed by atoms with van der Waals surface area (Å²) in [6.07, 6.45) is 0. The second-order valence-corrected chi connectivity index (χ2v) is 2.21. The van der Waals surface area contributed by atoms with Crippen molar-refractivity contribution in [3.63, 3.8) is 0 Å². The molecule has 0 unspecified atom stereocenters. The van der Waals surface area contributed by atoms with E-state index in [-0.39, 0.29) is 0 Å². The highest BCUT2D eigenvalue weighted by molar-refractivity contribution is 6.38. The first-order valence-electron chi connectivity index (χ1n) is 3.71. The van der Waals surface area contributed by atoms with Crippen LogP contribution >= 0.6 is 0 Å². The van der Waals surface area contributed by atoms with E-state index in [4.69, 9.17) is 0 Å². The lowest BCUT2D eigenvalue weighted by molar-refractivity contribution is 0.989. The van der Waals surface area contributed by atoms with E-state index in [2.05, 4.69) is 25.5 Å². The van der Waals surface area contributed by atoms with Gasteiger partial charge >= 0.3 is 0 Å². The maximum Gasteiger partial charge on any atom is 0.243 e. The Morgan fingerprint density at radius 3 is 2.42 bits per heavy atom. The Morgan fingerprint density at radius 1 is 1.17 bits per heavy atom. The normalized spacial score (nSPS) is 9.25. The Morgan fingerprint density at radius 2 is 1.83 bits per heavy atom. The van der Waals surface area contributed by atoms with Crippen LogP contribution in [0, 0.1) is 6.92 Å². The maximum atomic E-state index is 4.07. The minimum absolute atomic E-state index is 0.564. The second kappa shape index (κ2) is 3.89. The van der Waals surface area contributed by atoms with E-state index in [1.54, 1.807) is 14.5 Å². The lowest BCUT2D eigenvalue weighted by Crippen LogP contribution is -2.09. The van der Waals surface area contributed by atoms with Gasteiger partial charge in [-0.1, -0.05) is 6.82 Å². The smallest absolute Gasteiger partial charge is 0.243 e. The van der Waals surface area contributed by atoms with Crippen LogP contribution in [0.1, 0.15) is 5.82 Å². The Labute approximate surface area is 72.3 Å². The van der Waals surface area contributed by atoms with Crippen LogP contribution in [0.2, 0.25) is 6.82 Å². The molecule has 0 atom stereocenters. The van der Waals surface area contributed by atoms with Gasteiger partial charge in [-0.2, -0.15) is 15.0 Å². The van der Waals surface area contributed by atoms with Crippen molar-refractivity contribution >= 4 is 19.3 Å². The van der Waals surface area contributed by atoms with E-state index in [9.17, 15) is 0 Å². The largest absolute Gasteiger partial charge is 0.402 e. The van der Waals surface area contributed by atoms with Gasteiger partial charge in [0.05, 0.1) is 0 Å². The third kappa shape index (κ3) is 2.08. The van der Waals surface area contributed by atoms with Gasteiger partial charge in [0.1, 0.15) is 5.82 Å². The Kier molecular flexibility index (Phi) is 2.84. The van der Waals surface area contributed by atoms with E-state index in [0.29, 0.717) is 17.7 Å². The summed E-state index contributed by atoms with van der Waals surface area (Å²) < 4.78 is 0. The first-order valence-corrected chi connectivity index (χ1v) is 3.71. The van der Waals surface area contributed by atoms with Crippen LogP contribution in [0.3, 0.4) is 0 Å². The lowest BCUT2D eigenvalue weighted by Gasteiger charge is -2.03. The summed E-state index contributed by atoms with van der Waals surface area (Å²) in [5.74, 6) is 1.83. The van der Waals surface area contributed by atoms with Crippen LogP contribution < -0.4 is 10.5 Å². The van der Waals surface area contributed by atoms with Crippen LogP contribution in [0.4, 0.5) is 11.9 Å². The monoisotopic (exact) mass is 164 g/mol. The molecule has 0 amide bonds. The summed E-state index contributed by atoms with van der Waals surface area (Å²) in [6.45, 7) is 3.70.